The van der Waals surface area contributed by atoms with Gasteiger partial charge >= 0.3 is 0 Å². The lowest BCUT2D eigenvalue weighted by Crippen LogP contribution is -2.41. The van der Waals surface area contributed by atoms with Gasteiger partial charge in [-0.1, -0.05) is 11.2 Å². The molecular formula is C14H22N4O3. The molecule has 0 aliphatic carbocycles. The van der Waals surface area contributed by atoms with Gasteiger partial charge in [-0.15, -0.1) is 0 Å². The number of oxime groups is 1. The Labute approximate surface area is 124 Å². The third-order valence-corrected chi connectivity index (χ3v) is 3.01. The summed E-state index contributed by atoms with van der Waals surface area (Å²) in [5.41, 5.74) is 7.01. The fourth-order valence-corrected chi connectivity index (χ4v) is 1.80. The fraction of sp³-hybridized carbons (Fsp3) is 0.429. The smallest absolute Gasteiger partial charge is 0.236 e. The van der Waals surface area contributed by atoms with Gasteiger partial charge in [-0.05, 0) is 31.5 Å². The first-order valence-electron chi connectivity index (χ1n) is 6.69. The number of hydrogen-bond acceptors (Lipinski definition) is 5. The topological polar surface area (TPSA) is 109 Å². The number of methoxy groups -OCH3 is 1. The van der Waals surface area contributed by atoms with Crippen molar-refractivity contribution in [2.24, 2.45) is 10.9 Å². The van der Waals surface area contributed by atoms with Gasteiger partial charge in [-0.2, -0.15) is 0 Å². The number of ether oxygens (including phenoxy) is 1. The number of nitrogens with zero attached hydrogens (tertiary/aromatic N) is 1. The summed E-state index contributed by atoms with van der Waals surface area (Å²) in [6, 6.07) is 5.03. The average molecular weight is 294 g/mol. The molecule has 0 aliphatic heterocycles. The normalized spacial score (nSPS) is 12.8. The van der Waals surface area contributed by atoms with E-state index in [1.54, 1.807) is 19.1 Å². The molecule has 21 heavy (non-hydrogen) atoms. The molecule has 0 bridgehead atoms. The lowest BCUT2D eigenvalue weighted by Gasteiger charge is -2.14. The lowest BCUT2D eigenvalue weighted by molar-refractivity contribution is -0.122. The summed E-state index contributed by atoms with van der Waals surface area (Å²) in [4.78, 5) is 11.6. The Morgan fingerprint density at radius 3 is 2.81 bits per heavy atom. The van der Waals surface area contributed by atoms with Crippen molar-refractivity contribution in [2.45, 2.75) is 26.4 Å². The van der Waals surface area contributed by atoms with Crippen molar-refractivity contribution in [3.05, 3.63) is 29.3 Å². The molecule has 0 spiro atoms. The Morgan fingerprint density at radius 2 is 2.24 bits per heavy atom. The van der Waals surface area contributed by atoms with Gasteiger partial charge in [0.2, 0.25) is 5.91 Å². The van der Waals surface area contributed by atoms with Crippen LogP contribution in [0.5, 0.6) is 5.75 Å². The molecule has 1 amide bonds. The maximum atomic E-state index is 11.6. The zero-order chi connectivity index (χ0) is 15.8. The Morgan fingerprint density at radius 1 is 1.52 bits per heavy atom. The number of hydrogen-bond donors (Lipinski definition) is 4. The van der Waals surface area contributed by atoms with E-state index in [2.05, 4.69) is 15.8 Å². The van der Waals surface area contributed by atoms with Crippen LogP contribution in [0.1, 0.15) is 25.0 Å². The molecule has 0 heterocycles. The Balaban J connectivity index is 2.75. The lowest BCUT2D eigenvalue weighted by atomic mass is 10.1. The molecule has 7 heteroatoms. The molecular weight excluding hydrogens is 272 g/mol. The van der Waals surface area contributed by atoms with Gasteiger partial charge in [0.05, 0.1) is 18.7 Å². The maximum Gasteiger partial charge on any atom is 0.236 e. The first-order chi connectivity index (χ1) is 10.0. The molecule has 116 valence electrons. The van der Waals surface area contributed by atoms with Crippen LogP contribution < -0.4 is 21.1 Å². The molecule has 1 atom stereocenters. The van der Waals surface area contributed by atoms with Crippen LogP contribution in [0.4, 0.5) is 0 Å². The van der Waals surface area contributed by atoms with Crippen LogP contribution in [0.2, 0.25) is 0 Å². The molecule has 5 N–H and O–H groups in total. The van der Waals surface area contributed by atoms with Crippen molar-refractivity contribution >= 4 is 11.7 Å². The Hall–Kier alpha value is -2.28. The van der Waals surface area contributed by atoms with Crippen molar-refractivity contribution in [1.29, 1.82) is 0 Å². The first kappa shape index (κ1) is 16.8. The molecule has 1 aromatic rings. The highest BCUT2D eigenvalue weighted by atomic mass is 16.5. The van der Waals surface area contributed by atoms with E-state index in [-0.39, 0.29) is 17.8 Å². The predicted molar refractivity (Wildman–Crippen MR) is 80.5 cm³/mol. The molecule has 1 rings (SSSR count). The second-order valence-corrected chi connectivity index (χ2v) is 4.52. The van der Waals surface area contributed by atoms with Gasteiger partial charge in [-0.25, -0.2) is 0 Å². The summed E-state index contributed by atoms with van der Waals surface area (Å²) in [5, 5.41) is 17.5. The average Bonchev–Trinajstić information content (AvgIpc) is 2.51. The van der Waals surface area contributed by atoms with Crippen LogP contribution in [0.3, 0.4) is 0 Å². The molecule has 0 saturated carbocycles. The van der Waals surface area contributed by atoms with E-state index in [9.17, 15) is 4.79 Å². The van der Waals surface area contributed by atoms with Gasteiger partial charge < -0.3 is 26.3 Å². The number of amidine groups is 1. The minimum Gasteiger partial charge on any atom is -0.496 e. The molecule has 1 aromatic carbocycles. The highest BCUT2D eigenvalue weighted by molar-refractivity contribution is 5.99. The zero-order valence-corrected chi connectivity index (χ0v) is 12.5. The van der Waals surface area contributed by atoms with Gasteiger partial charge in [0.25, 0.3) is 0 Å². The van der Waals surface area contributed by atoms with E-state index in [1.165, 1.54) is 7.11 Å². The molecule has 1 unspecified atom stereocenters. The molecule has 0 aliphatic rings. The van der Waals surface area contributed by atoms with Crippen LogP contribution in [0, 0.1) is 0 Å². The summed E-state index contributed by atoms with van der Waals surface area (Å²) in [6.45, 7) is 4.78. The summed E-state index contributed by atoms with van der Waals surface area (Å²) in [5.74, 6) is 0.454. The Bertz CT molecular complexity index is 517. The fourth-order valence-electron chi connectivity index (χ4n) is 1.80. The minimum absolute atomic E-state index is 0.0120. The zero-order valence-electron chi connectivity index (χ0n) is 12.5. The summed E-state index contributed by atoms with van der Waals surface area (Å²) >= 11 is 0. The van der Waals surface area contributed by atoms with Crippen LogP contribution in [0.25, 0.3) is 0 Å². The molecule has 0 saturated heterocycles. The first-order valence-corrected chi connectivity index (χ1v) is 6.69. The number of nitrogens with two attached hydrogens (primary N) is 1. The monoisotopic (exact) mass is 294 g/mol. The number of amides is 1. The molecule has 7 nitrogen and oxygen atoms in total. The SMILES string of the molecule is CCNC(=O)C(C)NCc1ccc(/C(N)=N/O)c(OC)c1. The number of benzene rings is 1. The number of carbonyl (C=O) groups is 1. The number of rotatable bonds is 7. The van der Waals surface area contributed by atoms with E-state index in [1.807, 2.05) is 13.0 Å². The predicted octanol–water partition coefficient (Wildman–Crippen LogP) is 0.404. The number of carbonyl (C=O) groups excluding carboxylic acids is 1. The number of nitrogens with one attached hydrogen (secondary N) is 2. The minimum atomic E-state index is -0.292. The van der Waals surface area contributed by atoms with E-state index < -0.39 is 0 Å². The van der Waals surface area contributed by atoms with Crippen molar-refractivity contribution in [3.8, 4) is 5.75 Å². The van der Waals surface area contributed by atoms with Gasteiger partial charge in [-0.3, -0.25) is 4.79 Å². The standard InChI is InChI=1S/C14H22N4O3/c1-4-16-14(19)9(2)17-8-10-5-6-11(13(15)18-20)12(7-10)21-3/h5-7,9,17,20H,4,8H2,1-3H3,(H2,15,18)(H,16,19). The summed E-state index contributed by atoms with van der Waals surface area (Å²) in [7, 11) is 1.51. The second-order valence-electron chi connectivity index (χ2n) is 4.52. The van der Waals surface area contributed by atoms with Crippen LogP contribution >= 0.6 is 0 Å². The van der Waals surface area contributed by atoms with Crippen molar-refractivity contribution in [2.75, 3.05) is 13.7 Å². The summed E-state index contributed by atoms with van der Waals surface area (Å²) < 4.78 is 5.22. The third kappa shape index (κ3) is 4.64. The summed E-state index contributed by atoms with van der Waals surface area (Å²) in [6.07, 6.45) is 0. The van der Waals surface area contributed by atoms with Crippen molar-refractivity contribution in [3.63, 3.8) is 0 Å². The Kier molecular flexibility index (Phi) is 6.48. The van der Waals surface area contributed by atoms with Crippen molar-refractivity contribution in [1.82, 2.24) is 10.6 Å². The maximum absolute atomic E-state index is 11.6. The van der Waals surface area contributed by atoms with E-state index in [0.29, 0.717) is 24.4 Å². The van der Waals surface area contributed by atoms with Gasteiger partial charge in [0.15, 0.2) is 5.84 Å². The van der Waals surface area contributed by atoms with E-state index in [4.69, 9.17) is 15.7 Å². The second kappa shape index (κ2) is 8.11. The van der Waals surface area contributed by atoms with E-state index in [0.717, 1.165) is 5.56 Å². The number of likely N-dealkylation sites (N-methyl/N-ethyl adjacent to an activating group) is 1. The third-order valence-electron chi connectivity index (χ3n) is 3.01. The molecule has 0 radical (unpaired) electrons. The highest BCUT2D eigenvalue weighted by Gasteiger charge is 2.12. The van der Waals surface area contributed by atoms with Crippen molar-refractivity contribution < 1.29 is 14.7 Å². The van der Waals surface area contributed by atoms with Gasteiger partial charge in [0, 0.05) is 13.1 Å². The van der Waals surface area contributed by atoms with Crippen LogP contribution in [-0.2, 0) is 11.3 Å². The highest BCUT2D eigenvalue weighted by Crippen LogP contribution is 2.20. The van der Waals surface area contributed by atoms with Crippen LogP contribution in [-0.4, -0.2) is 36.6 Å². The van der Waals surface area contributed by atoms with E-state index >= 15 is 0 Å². The molecule has 0 fully saturated rings. The van der Waals surface area contributed by atoms with Gasteiger partial charge in [0.1, 0.15) is 5.75 Å². The van der Waals surface area contributed by atoms with Crippen LogP contribution in [0.15, 0.2) is 23.4 Å². The largest absolute Gasteiger partial charge is 0.496 e. The quantitative estimate of drug-likeness (QED) is 0.252. The molecule has 0 aromatic heterocycles.